The third kappa shape index (κ3) is 2.94. The summed E-state index contributed by atoms with van der Waals surface area (Å²) in [5.41, 5.74) is 3.20. The zero-order valence-electron chi connectivity index (χ0n) is 13.8. The van der Waals surface area contributed by atoms with Crippen LogP contribution in [0, 0.1) is 0 Å². The van der Waals surface area contributed by atoms with Gasteiger partial charge in [-0.05, 0) is 36.6 Å². The normalized spacial score (nSPS) is 18.5. The average molecular weight is 318 g/mol. The highest BCUT2D eigenvalue weighted by molar-refractivity contribution is 5.95. The summed E-state index contributed by atoms with van der Waals surface area (Å²) in [6.07, 6.45) is 7.36. The van der Waals surface area contributed by atoms with Crippen molar-refractivity contribution in [3.8, 4) is 0 Å². The lowest BCUT2D eigenvalue weighted by Crippen LogP contribution is -2.33. The third-order valence-electron chi connectivity index (χ3n) is 4.98. The Balaban J connectivity index is 1.58. The number of carbonyl (C=O) groups is 1. The van der Waals surface area contributed by atoms with Gasteiger partial charge >= 0.3 is 0 Å². The van der Waals surface area contributed by atoms with E-state index in [2.05, 4.69) is 30.3 Å². The number of aromatic nitrogens is 1. The minimum atomic E-state index is 0.154. The van der Waals surface area contributed by atoms with Gasteiger partial charge < -0.3 is 9.30 Å². The molecule has 0 saturated carbocycles. The monoisotopic (exact) mass is 318 g/mol. The molecule has 24 heavy (non-hydrogen) atoms. The second kappa shape index (κ2) is 6.52. The van der Waals surface area contributed by atoms with E-state index in [0.29, 0.717) is 5.92 Å². The van der Waals surface area contributed by atoms with Crippen LogP contribution in [0.1, 0.15) is 41.1 Å². The van der Waals surface area contributed by atoms with Crippen molar-refractivity contribution >= 4 is 11.4 Å². The van der Waals surface area contributed by atoms with Crippen LogP contribution in [0.15, 0.2) is 67.0 Å². The molecule has 1 amide bonds. The summed E-state index contributed by atoms with van der Waals surface area (Å²) in [6.45, 7) is 1.67. The molecule has 0 N–H and O–H groups in total. The van der Waals surface area contributed by atoms with Gasteiger partial charge in [0.1, 0.15) is 0 Å². The SMILES string of the molecule is O=C(c1cc2ccccn2c1)N1CCCCC(c2ccccc2)C1. The van der Waals surface area contributed by atoms with E-state index in [0.717, 1.165) is 37.0 Å². The molecule has 1 unspecified atom stereocenters. The fraction of sp³-hybridized carbons (Fsp3) is 0.286. The van der Waals surface area contributed by atoms with Crippen molar-refractivity contribution in [2.45, 2.75) is 25.2 Å². The number of carbonyl (C=O) groups excluding carboxylic acids is 1. The Morgan fingerprint density at radius 2 is 1.83 bits per heavy atom. The smallest absolute Gasteiger partial charge is 0.255 e. The fourth-order valence-electron chi connectivity index (χ4n) is 3.68. The van der Waals surface area contributed by atoms with Crippen molar-refractivity contribution in [1.82, 2.24) is 9.30 Å². The van der Waals surface area contributed by atoms with Gasteiger partial charge in [0.05, 0.1) is 5.56 Å². The minimum absolute atomic E-state index is 0.154. The van der Waals surface area contributed by atoms with Crippen LogP contribution in [0.2, 0.25) is 0 Å². The summed E-state index contributed by atoms with van der Waals surface area (Å²) in [4.78, 5) is 15.1. The Labute approximate surface area is 142 Å². The van der Waals surface area contributed by atoms with Gasteiger partial charge in [-0.2, -0.15) is 0 Å². The van der Waals surface area contributed by atoms with Crippen molar-refractivity contribution in [2.24, 2.45) is 0 Å². The number of hydrogen-bond acceptors (Lipinski definition) is 1. The van der Waals surface area contributed by atoms with E-state index < -0.39 is 0 Å². The third-order valence-corrected chi connectivity index (χ3v) is 4.98. The van der Waals surface area contributed by atoms with Crippen LogP contribution < -0.4 is 0 Å². The summed E-state index contributed by atoms with van der Waals surface area (Å²) in [7, 11) is 0. The molecule has 1 atom stereocenters. The molecule has 1 aliphatic rings. The first-order valence-electron chi connectivity index (χ1n) is 8.72. The molecule has 1 aromatic carbocycles. The number of rotatable bonds is 2. The van der Waals surface area contributed by atoms with Crippen LogP contribution in [-0.2, 0) is 0 Å². The van der Waals surface area contributed by atoms with Gasteiger partial charge in [0.15, 0.2) is 0 Å². The van der Waals surface area contributed by atoms with Gasteiger partial charge in [0.2, 0.25) is 0 Å². The topological polar surface area (TPSA) is 24.7 Å². The van der Waals surface area contributed by atoms with Crippen LogP contribution in [0.4, 0.5) is 0 Å². The van der Waals surface area contributed by atoms with Gasteiger partial charge in [0.25, 0.3) is 5.91 Å². The van der Waals surface area contributed by atoms with Crippen LogP contribution >= 0.6 is 0 Å². The quantitative estimate of drug-likeness (QED) is 0.689. The molecule has 3 heteroatoms. The lowest BCUT2D eigenvalue weighted by Gasteiger charge is -2.24. The highest BCUT2D eigenvalue weighted by Crippen LogP contribution is 2.27. The van der Waals surface area contributed by atoms with E-state index in [4.69, 9.17) is 0 Å². The summed E-state index contributed by atoms with van der Waals surface area (Å²) in [5, 5.41) is 0. The summed E-state index contributed by atoms with van der Waals surface area (Å²) in [5.74, 6) is 0.594. The van der Waals surface area contributed by atoms with Crippen molar-refractivity contribution < 1.29 is 4.79 Å². The number of benzene rings is 1. The summed E-state index contributed by atoms with van der Waals surface area (Å²) >= 11 is 0. The molecule has 0 bridgehead atoms. The van der Waals surface area contributed by atoms with Gasteiger partial charge in [-0.3, -0.25) is 4.79 Å². The second-order valence-electron chi connectivity index (χ2n) is 6.62. The molecule has 3 nitrogen and oxygen atoms in total. The van der Waals surface area contributed by atoms with E-state index in [9.17, 15) is 4.79 Å². The maximum Gasteiger partial charge on any atom is 0.255 e. The molecule has 0 spiro atoms. The Morgan fingerprint density at radius 3 is 2.67 bits per heavy atom. The highest BCUT2D eigenvalue weighted by atomic mass is 16.2. The maximum atomic E-state index is 13.0. The van der Waals surface area contributed by atoms with Crippen molar-refractivity contribution in [3.05, 3.63) is 78.1 Å². The number of pyridine rings is 1. The summed E-state index contributed by atoms with van der Waals surface area (Å²) in [6, 6.07) is 18.6. The zero-order chi connectivity index (χ0) is 16.4. The molecular weight excluding hydrogens is 296 g/mol. The lowest BCUT2D eigenvalue weighted by atomic mass is 9.94. The predicted molar refractivity (Wildman–Crippen MR) is 96.3 cm³/mol. The first kappa shape index (κ1) is 15.0. The number of fused-ring (bicyclic) bond motifs is 1. The minimum Gasteiger partial charge on any atom is -0.338 e. The number of hydrogen-bond donors (Lipinski definition) is 0. The van der Waals surface area contributed by atoms with Crippen LogP contribution in [0.25, 0.3) is 5.52 Å². The van der Waals surface area contributed by atoms with Crippen molar-refractivity contribution in [2.75, 3.05) is 13.1 Å². The number of nitrogens with zero attached hydrogens (tertiary/aromatic N) is 2. The van der Waals surface area contributed by atoms with Crippen molar-refractivity contribution in [1.29, 1.82) is 0 Å². The maximum absolute atomic E-state index is 13.0. The number of likely N-dealkylation sites (tertiary alicyclic amines) is 1. The first-order chi connectivity index (χ1) is 11.8. The van der Waals surface area contributed by atoms with E-state index in [1.807, 2.05) is 46.0 Å². The largest absolute Gasteiger partial charge is 0.338 e. The Kier molecular flexibility index (Phi) is 4.08. The first-order valence-corrected chi connectivity index (χ1v) is 8.72. The fourth-order valence-corrected chi connectivity index (χ4v) is 3.68. The molecule has 2 aromatic heterocycles. The number of amides is 1. The molecule has 3 aromatic rings. The van der Waals surface area contributed by atoms with E-state index in [1.165, 1.54) is 12.0 Å². The van der Waals surface area contributed by atoms with Gasteiger partial charge in [-0.1, -0.05) is 42.8 Å². The van der Waals surface area contributed by atoms with Crippen molar-refractivity contribution in [3.63, 3.8) is 0 Å². The van der Waals surface area contributed by atoms with E-state index in [1.54, 1.807) is 0 Å². The highest BCUT2D eigenvalue weighted by Gasteiger charge is 2.24. The Bertz CT molecular complexity index is 804. The molecule has 122 valence electrons. The van der Waals surface area contributed by atoms with Crippen LogP contribution in [-0.4, -0.2) is 28.3 Å². The Morgan fingerprint density at radius 1 is 1.00 bits per heavy atom. The molecule has 0 aliphatic carbocycles. The molecule has 0 radical (unpaired) electrons. The van der Waals surface area contributed by atoms with E-state index >= 15 is 0 Å². The molecule has 1 saturated heterocycles. The zero-order valence-corrected chi connectivity index (χ0v) is 13.8. The van der Waals surface area contributed by atoms with Crippen LogP contribution in [0.3, 0.4) is 0 Å². The van der Waals surface area contributed by atoms with E-state index in [-0.39, 0.29) is 5.91 Å². The van der Waals surface area contributed by atoms with Gasteiger partial charge in [-0.15, -0.1) is 0 Å². The average Bonchev–Trinajstić information content (AvgIpc) is 2.91. The molecule has 3 heterocycles. The Hall–Kier alpha value is -2.55. The predicted octanol–water partition coefficient (Wildman–Crippen LogP) is 4.35. The molecule has 4 rings (SSSR count). The lowest BCUT2D eigenvalue weighted by molar-refractivity contribution is 0.0754. The summed E-state index contributed by atoms with van der Waals surface area (Å²) < 4.78 is 2.01. The molecule has 1 aliphatic heterocycles. The molecule has 1 fully saturated rings. The van der Waals surface area contributed by atoms with Gasteiger partial charge in [-0.25, -0.2) is 0 Å². The van der Waals surface area contributed by atoms with Gasteiger partial charge in [0, 0.05) is 36.9 Å². The van der Waals surface area contributed by atoms with Crippen LogP contribution in [0.5, 0.6) is 0 Å². The molecular formula is C21H22N2O. The second-order valence-corrected chi connectivity index (χ2v) is 6.62. The standard InChI is InChI=1S/C21H22N2O/c24-21(19-14-20-11-5-7-12-22(20)16-19)23-13-6-4-10-18(15-23)17-8-2-1-3-9-17/h1-3,5,7-9,11-12,14,16,18H,4,6,10,13,15H2.